The molecule has 3 nitrogen and oxygen atoms in total. The Balaban J connectivity index is 4.89. The molecule has 0 fully saturated rings. The molecule has 1 N–H and O–H groups in total. The topological polar surface area (TPSA) is 46.5 Å². The van der Waals surface area contributed by atoms with Crippen LogP contribution in [0.25, 0.3) is 0 Å². The van der Waals surface area contributed by atoms with Gasteiger partial charge in [0.1, 0.15) is 0 Å². The standard InChI is InChI=1S/C4H9O.2C4H9.C2H4O2.Sn/c1-2-3-4-5;2*1-3-4-2;1-2(3)4;/h4-5H,2-3H2,1H3;2*1,3-4H2,2H3;1H3,(H,3,4);/q;;;;+1/p-1. The zero-order valence-electron chi connectivity index (χ0n) is 12.5. The zero-order chi connectivity index (χ0) is 14.0. The van der Waals surface area contributed by atoms with Crippen LogP contribution in [0.4, 0.5) is 0 Å². The van der Waals surface area contributed by atoms with E-state index in [1.54, 1.807) is 0 Å². The number of hydrogen-bond donors (Lipinski definition) is 1. The monoisotopic (exact) mass is 366 g/mol. The van der Waals surface area contributed by atoms with Crippen molar-refractivity contribution in [3.8, 4) is 0 Å². The van der Waals surface area contributed by atoms with Crippen LogP contribution in [0.15, 0.2) is 0 Å². The second kappa shape index (κ2) is 10.1. The van der Waals surface area contributed by atoms with Gasteiger partial charge in [-0.1, -0.05) is 0 Å². The van der Waals surface area contributed by atoms with Crippen molar-refractivity contribution in [2.24, 2.45) is 0 Å². The Morgan fingerprint density at radius 2 is 1.61 bits per heavy atom. The predicted molar refractivity (Wildman–Crippen MR) is 77.9 cm³/mol. The summed E-state index contributed by atoms with van der Waals surface area (Å²) in [6.07, 6.45) is 6.10. The molecule has 18 heavy (non-hydrogen) atoms. The Morgan fingerprint density at radius 1 is 1.11 bits per heavy atom. The van der Waals surface area contributed by atoms with Crippen molar-refractivity contribution in [2.75, 3.05) is 0 Å². The van der Waals surface area contributed by atoms with Gasteiger partial charge in [0, 0.05) is 0 Å². The Kier molecular flexibility index (Phi) is 10.2. The van der Waals surface area contributed by atoms with Gasteiger partial charge in [-0.3, -0.25) is 0 Å². The average Bonchev–Trinajstić information content (AvgIpc) is 2.32. The average molecular weight is 365 g/mol. The Bertz CT molecular complexity index is 223. The molecule has 1 atom stereocenters. The minimum atomic E-state index is -3.17. The molecule has 0 aliphatic rings. The first-order valence-corrected chi connectivity index (χ1v) is 14.2. The van der Waals surface area contributed by atoms with Crippen molar-refractivity contribution < 1.29 is 13.0 Å². The minimum absolute atomic E-state index is 0.187. The van der Waals surface area contributed by atoms with Gasteiger partial charge in [-0.15, -0.1) is 0 Å². The molecule has 0 rings (SSSR count). The van der Waals surface area contributed by atoms with Crippen LogP contribution >= 0.6 is 0 Å². The molecule has 0 bridgehead atoms. The number of carbonyl (C=O) groups is 1. The normalized spacial score (nSPS) is 13.4. The van der Waals surface area contributed by atoms with Gasteiger partial charge < -0.3 is 0 Å². The van der Waals surface area contributed by atoms with Crippen LogP contribution in [0.3, 0.4) is 0 Å². The van der Waals surface area contributed by atoms with E-state index in [0.717, 1.165) is 47.4 Å². The molecule has 0 aromatic heterocycles. The molecule has 1 unspecified atom stereocenters. The van der Waals surface area contributed by atoms with Crippen LogP contribution in [-0.4, -0.2) is 34.0 Å². The van der Waals surface area contributed by atoms with Crippen LogP contribution in [0.1, 0.15) is 66.2 Å². The quantitative estimate of drug-likeness (QED) is 0.600. The van der Waals surface area contributed by atoms with E-state index >= 15 is 0 Å². The molecular formula is C14H30O3Sn. The fraction of sp³-hybridized carbons (Fsp3) is 0.929. The van der Waals surface area contributed by atoms with E-state index in [1.165, 1.54) is 6.92 Å². The summed E-state index contributed by atoms with van der Waals surface area (Å²) in [6.45, 7) is 7.86. The molecular weight excluding hydrogens is 335 g/mol. The predicted octanol–water partition coefficient (Wildman–Crippen LogP) is 3.80. The molecule has 0 aromatic rings. The third kappa shape index (κ3) is 6.41. The summed E-state index contributed by atoms with van der Waals surface area (Å²) in [5, 5.41) is 10.5. The molecule has 0 radical (unpaired) electrons. The van der Waals surface area contributed by atoms with Crippen LogP contribution in [0.5, 0.6) is 0 Å². The Labute approximate surface area is 117 Å². The van der Waals surface area contributed by atoms with Gasteiger partial charge in [0.05, 0.1) is 0 Å². The van der Waals surface area contributed by atoms with Gasteiger partial charge in [-0.05, 0) is 0 Å². The summed E-state index contributed by atoms with van der Waals surface area (Å²) in [5.74, 6) is -0.187. The second-order valence-electron chi connectivity index (χ2n) is 5.17. The third-order valence-corrected chi connectivity index (χ3v) is 16.5. The van der Waals surface area contributed by atoms with Crippen LogP contribution in [-0.2, 0) is 7.87 Å². The number of hydrogen-bond acceptors (Lipinski definition) is 3. The molecule has 0 amide bonds. The summed E-state index contributed by atoms with van der Waals surface area (Å²) in [5.41, 5.74) is 0. The van der Waals surface area contributed by atoms with Gasteiger partial charge in [0.15, 0.2) is 0 Å². The van der Waals surface area contributed by atoms with Crippen molar-refractivity contribution in [1.29, 1.82) is 0 Å². The van der Waals surface area contributed by atoms with Crippen LogP contribution < -0.4 is 0 Å². The maximum absolute atomic E-state index is 11.4. The fourth-order valence-corrected chi connectivity index (χ4v) is 15.4. The molecule has 4 heteroatoms. The van der Waals surface area contributed by atoms with E-state index in [0.29, 0.717) is 0 Å². The zero-order valence-corrected chi connectivity index (χ0v) is 15.4. The van der Waals surface area contributed by atoms with Gasteiger partial charge in [-0.25, -0.2) is 0 Å². The first kappa shape index (κ1) is 18.2. The van der Waals surface area contributed by atoms with Crippen molar-refractivity contribution in [3.05, 3.63) is 0 Å². The van der Waals surface area contributed by atoms with Gasteiger partial charge in [0.2, 0.25) is 0 Å². The number of carbonyl (C=O) groups excluding carboxylic acids is 1. The summed E-state index contributed by atoms with van der Waals surface area (Å²) >= 11 is -3.17. The number of aliphatic hydroxyl groups excluding tert-OH is 1. The SMILES string of the molecule is CCC[CH2][Sn]([CH2]CCC)([O]C(C)=O)[CH](O)CCC. The van der Waals surface area contributed by atoms with Crippen molar-refractivity contribution >= 4 is 24.8 Å². The van der Waals surface area contributed by atoms with E-state index in [9.17, 15) is 9.90 Å². The first-order chi connectivity index (χ1) is 8.52. The summed E-state index contributed by atoms with van der Waals surface area (Å²) in [6, 6.07) is 0. The van der Waals surface area contributed by atoms with E-state index in [-0.39, 0.29) is 10.1 Å². The summed E-state index contributed by atoms with van der Waals surface area (Å²) in [4.78, 5) is 11.4. The van der Waals surface area contributed by atoms with E-state index in [4.69, 9.17) is 3.07 Å². The van der Waals surface area contributed by atoms with Crippen LogP contribution in [0.2, 0.25) is 8.87 Å². The van der Waals surface area contributed by atoms with Crippen molar-refractivity contribution in [2.45, 2.75) is 79.2 Å². The van der Waals surface area contributed by atoms with Gasteiger partial charge in [0.25, 0.3) is 0 Å². The summed E-state index contributed by atoms with van der Waals surface area (Å²) in [7, 11) is 0. The maximum atomic E-state index is 11.4. The first-order valence-electron chi connectivity index (χ1n) is 7.40. The fourth-order valence-electron chi connectivity index (χ4n) is 2.40. The Morgan fingerprint density at radius 3 is 1.94 bits per heavy atom. The van der Waals surface area contributed by atoms with Gasteiger partial charge in [-0.2, -0.15) is 0 Å². The molecule has 108 valence electrons. The summed E-state index contributed by atoms with van der Waals surface area (Å²) < 4.78 is 7.41. The van der Waals surface area contributed by atoms with Crippen LogP contribution in [0, 0.1) is 0 Å². The molecule has 0 heterocycles. The Hall–Kier alpha value is 0.229. The van der Waals surface area contributed by atoms with E-state index < -0.39 is 18.8 Å². The number of rotatable bonds is 10. The van der Waals surface area contributed by atoms with Gasteiger partial charge >= 0.3 is 117 Å². The molecule has 0 aliphatic carbocycles. The molecule has 0 spiro atoms. The van der Waals surface area contributed by atoms with Crippen molar-refractivity contribution in [3.63, 3.8) is 0 Å². The second-order valence-corrected chi connectivity index (χ2v) is 16.6. The van der Waals surface area contributed by atoms with E-state index in [2.05, 4.69) is 20.8 Å². The molecule has 0 saturated carbocycles. The number of unbranched alkanes of at least 4 members (excludes halogenated alkanes) is 2. The third-order valence-electron chi connectivity index (χ3n) is 3.42. The van der Waals surface area contributed by atoms with Crippen molar-refractivity contribution in [1.82, 2.24) is 0 Å². The molecule has 0 aliphatic heterocycles. The molecule has 0 saturated heterocycles. The van der Waals surface area contributed by atoms with E-state index in [1.807, 2.05) is 0 Å². The number of aliphatic hydroxyl groups is 1. The molecule has 0 aromatic carbocycles.